The van der Waals surface area contributed by atoms with Gasteiger partial charge in [-0.3, -0.25) is 4.79 Å². The summed E-state index contributed by atoms with van der Waals surface area (Å²) in [5, 5.41) is 0.114. The summed E-state index contributed by atoms with van der Waals surface area (Å²) in [6.07, 6.45) is 4.60. The first kappa shape index (κ1) is 21.2. The summed E-state index contributed by atoms with van der Waals surface area (Å²) in [7, 11) is 1.30. The smallest absolute Gasteiger partial charge is 0.208 e. The van der Waals surface area contributed by atoms with E-state index in [0.717, 1.165) is 6.42 Å². The third-order valence-corrected chi connectivity index (χ3v) is 4.32. The van der Waals surface area contributed by atoms with Crippen LogP contribution in [0.1, 0.15) is 23.8 Å². The van der Waals surface area contributed by atoms with Gasteiger partial charge in [0.1, 0.15) is 12.3 Å². The Bertz CT molecular complexity index is 873. The third kappa shape index (κ3) is 4.97. The number of hydrogen-bond acceptors (Lipinski definition) is 5. The summed E-state index contributed by atoms with van der Waals surface area (Å²) in [5.74, 6) is -1.29. The van der Waals surface area contributed by atoms with E-state index >= 15 is 0 Å². The quantitative estimate of drug-likeness (QED) is 0.377. The molecule has 0 fully saturated rings. The number of methoxy groups -OCH3 is 1. The largest absolute Gasteiger partial charge is 0.492 e. The van der Waals surface area contributed by atoms with E-state index in [2.05, 4.69) is 4.98 Å². The summed E-state index contributed by atoms with van der Waals surface area (Å²) >= 11 is 12.0. The van der Waals surface area contributed by atoms with Crippen LogP contribution in [0.3, 0.4) is 0 Å². The zero-order valence-electron chi connectivity index (χ0n) is 14.9. The van der Waals surface area contributed by atoms with Crippen LogP contribution in [0.15, 0.2) is 30.4 Å². The van der Waals surface area contributed by atoms with Gasteiger partial charge in [0.15, 0.2) is 11.6 Å². The van der Waals surface area contributed by atoms with Gasteiger partial charge in [-0.05, 0) is 24.6 Å². The fourth-order valence-electron chi connectivity index (χ4n) is 2.31. The number of nitrogens with two attached hydrogens (primary N) is 1. The Morgan fingerprint density at radius 2 is 2.07 bits per heavy atom. The Balaban J connectivity index is 2.36. The normalized spacial score (nSPS) is 11.1. The Morgan fingerprint density at radius 1 is 1.33 bits per heavy atom. The second-order valence-corrected chi connectivity index (χ2v) is 6.30. The number of ketones is 1. The molecule has 0 aliphatic heterocycles. The first-order chi connectivity index (χ1) is 12.9. The highest BCUT2D eigenvalue weighted by Crippen LogP contribution is 2.36. The number of pyridine rings is 1. The van der Waals surface area contributed by atoms with E-state index in [1.165, 1.54) is 25.3 Å². The summed E-state index contributed by atoms with van der Waals surface area (Å²) in [6.45, 7) is 2.05. The number of ether oxygens (including phenoxy) is 2. The molecule has 144 valence electrons. The number of anilines is 1. The van der Waals surface area contributed by atoms with Crippen molar-refractivity contribution in [1.82, 2.24) is 4.98 Å². The molecule has 8 heteroatoms. The van der Waals surface area contributed by atoms with Gasteiger partial charge < -0.3 is 15.2 Å². The molecular weight excluding hydrogens is 394 g/mol. The second-order valence-electron chi connectivity index (χ2n) is 5.52. The molecule has 0 saturated heterocycles. The Kier molecular flexibility index (Phi) is 7.59. The fraction of sp³-hybridized carbons (Fsp3) is 0.263. The SMILES string of the molecule is CC/C=C/COCC(=O)c1nc(-c2ccc(Cl)c(OC)c2F)cc(N)c1Cl. The minimum Gasteiger partial charge on any atom is -0.492 e. The maximum atomic E-state index is 14.7. The van der Waals surface area contributed by atoms with Crippen molar-refractivity contribution in [3.05, 3.63) is 51.9 Å². The molecule has 0 radical (unpaired) electrons. The standard InChI is InChI=1S/C19H19Cl2FN2O3/c1-3-4-5-8-27-10-15(25)18-16(21)13(23)9-14(24-18)11-6-7-12(20)19(26-2)17(11)22/h4-7,9H,3,8,10H2,1-2H3,(H2,23,24)/b5-4+. The van der Waals surface area contributed by atoms with Crippen LogP contribution in [0, 0.1) is 5.82 Å². The predicted octanol–water partition coefficient (Wildman–Crippen LogP) is 4.95. The summed E-state index contributed by atoms with van der Waals surface area (Å²) in [5.41, 5.74) is 6.12. The number of Topliss-reactive ketones (excluding diaryl/α,β-unsaturated/α-hetero) is 1. The van der Waals surface area contributed by atoms with E-state index in [4.69, 9.17) is 38.4 Å². The molecule has 0 atom stereocenters. The highest BCUT2D eigenvalue weighted by Gasteiger charge is 2.21. The van der Waals surface area contributed by atoms with Gasteiger partial charge in [0.05, 0.1) is 35.1 Å². The topological polar surface area (TPSA) is 74.4 Å². The molecule has 0 aliphatic carbocycles. The van der Waals surface area contributed by atoms with Crippen LogP contribution in [0.5, 0.6) is 5.75 Å². The lowest BCUT2D eigenvalue weighted by Crippen LogP contribution is -2.13. The molecule has 0 aliphatic rings. The Labute approximate surface area is 166 Å². The van der Waals surface area contributed by atoms with Crippen LogP contribution in [-0.4, -0.2) is 31.1 Å². The Hall–Kier alpha value is -2.15. The maximum absolute atomic E-state index is 14.7. The number of nitrogens with zero attached hydrogens (tertiary/aromatic N) is 1. The van der Waals surface area contributed by atoms with Gasteiger partial charge in [0.25, 0.3) is 0 Å². The molecule has 1 aromatic heterocycles. The number of nitrogen functional groups attached to an aromatic ring is 1. The minimum atomic E-state index is -0.710. The first-order valence-corrected chi connectivity index (χ1v) is 8.90. The van der Waals surface area contributed by atoms with Crippen molar-refractivity contribution in [2.75, 3.05) is 26.1 Å². The monoisotopic (exact) mass is 412 g/mol. The average Bonchev–Trinajstić information content (AvgIpc) is 2.64. The van der Waals surface area contributed by atoms with Crippen molar-refractivity contribution in [1.29, 1.82) is 0 Å². The van der Waals surface area contributed by atoms with Gasteiger partial charge in [0.2, 0.25) is 5.78 Å². The number of halogens is 3. The lowest BCUT2D eigenvalue weighted by molar-refractivity contribution is 0.0801. The lowest BCUT2D eigenvalue weighted by atomic mass is 10.1. The van der Waals surface area contributed by atoms with Gasteiger partial charge in [0, 0.05) is 5.56 Å². The second kappa shape index (κ2) is 9.69. The molecule has 27 heavy (non-hydrogen) atoms. The van der Waals surface area contributed by atoms with E-state index in [1.54, 1.807) is 0 Å². The van der Waals surface area contributed by atoms with E-state index < -0.39 is 11.6 Å². The van der Waals surface area contributed by atoms with Gasteiger partial charge in [-0.15, -0.1) is 0 Å². The van der Waals surface area contributed by atoms with Crippen LogP contribution >= 0.6 is 23.2 Å². The number of aromatic nitrogens is 1. The van der Waals surface area contributed by atoms with E-state index in [1.807, 2.05) is 19.1 Å². The first-order valence-electron chi connectivity index (χ1n) is 8.15. The summed E-state index contributed by atoms with van der Waals surface area (Å²) in [4.78, 5) is 16.6. The van der Waals surface area contributed by atoms with Crippen LogP contribution in [0.25, 0.3) is 11.3 Å². The van der Waals surface area contributed by atoms with Crippen molar-refractivity contribution >= 4 is 34.7 Å². The predicted molar refractivity (Wildman–Crippen MR) is 105 cm³/mol. The third-order valence-electron chi connectivity index (χ3n) is 3.63. The number of benzene rings is 1. The molecule has 0 bridgehead atoms. The number of rotatable bonds is 8. The number of carbonyl (C=O) groups excluding carboxylic acids is 1. The minimum absolute atomic E-state index is 0.00205. The molecule has 0 saturated carbocycles. The van der Waals surface area contributed by atoms with Crippen LogP contribution in [0.4, 0.5) is 10.1 Å². The van der Waals surface area contributed by atoms with Gasteiger partial charge in [-0.25, -0.2) is 9.37 Å². The van der Waals surface area contributed by atoms with Gasteiger partial charge in [-0.1, -0.05) is 42.3 Å². The zero-order chi connectivity index (χ0) is 20.0. The van der Waals surface area contributed by atoms with Gasteiger partial charge >= 0.3 is 0 Å². The van der Waals surface area contributed by atoms with Crippen molar-refractivity contribution in [3.63, 3.8) is 0 Å². The molecule has 2 N–H and O–H groups in total. The number of carbonyl (C=O) groups is 1. The highest BCUT2D eigenvalue weighted by atomic mass is 35.5. The Morgan fingerprint density at radius 3 is 2.74 bits per heavy atom. The molecule has 0 amide bonds. The van der Waals surface area contributed by atoms with Crippen molar-refractivity contribution in [3.8, 4) is 17.0 Å². The highest BCUT2D eigenvalue weighted by molar-refractivity contribution is 6.36. The van der Waals surface area contributed by atoms with Crippen molar-refractivity contribution in [2.45, 2.75) is 13.3 Å². The number of hydrogen-bond donors (Lipinski definition) is 1. The lowest BCUT2D eigenvalue weighted by Gasteiger charge is -2.12. The van der Waals surface area contributed by atoms with Gasteiger partial charge in [-0.2, -0.15) is 0 Å². The fourth-order valence-corrected chi connectivity index (χ4v) is 2.74. The summed E-state index contributed by atoms with van der Waals surface area (Å²) < 4.78 is 24.9. The average molecular weight is 413 g/mol. The maximum Gasteiger partial charge on any atom is 0.208 e. The molecule has 0 unspecified atom stereocenters. The molecule has 2 aromatic rings. The molecule has 0 spiro atoms. The van der Waals surface area contributed by atoms with E-state index in [0.29, 0.717) is 0 Å². The summed E-state index contributed by atoms with van der Waals surface area (Å²) in [6, 6.07) is 4.28. The van der Waals surface area contributed by atoms with Crippen LogP contribution < -0.4 is 10.5 Å². The van der Waals surface area contributed by atoms with Crippen LogP contribution in [-0.2, 0) is 4.74 Å². The molecular formula is C19H19Cl2FN2O3. The van der Waals surface area contributed by atoms with Crippen molar-refractivity contribution < 1.29 is 18.7 Å². The zero-order valence-corrected chi connectivity index (χ0v) is 16.4. The molecule has 1 aromatic carbocycles. The van der Waals surface area contributed by atoms with E-state index in [9.17, 15) is 9.18 Å². The van der Waals surface area contributed by atoms with Crippen molar-refractivity contribution in [2.24, 2.45) is 0 Å². The van der Waals surface area contributed by atoms with Crippen LogP contribution in [0.2, 0.25) is 10.0 Å². The molecule has 5 nitrogen and oxygen atoms in total. The van der Waals surface area contributed by atoms with E-state index in [-0.39, 0.29) is 51.6 Å². The molecule has 1 heterocycles. The number of allylic oxidation sites excluding steroid dienone is 1. The molecule has 2 rings (SSSR count).